The second-order valence-corrected chi connectivity index (χ2v) is 4.95. The zero-order valence-electron chi connectivity index (χ0n) is 10.0. The fraction of sp³-hybridized carbons (Fsp3) is 0.429. The first-order valence-corrected chi connectivity index (χ1v) is 6.49. The van der Waals surface area contributed by atoms with Crippen LogP contribution in [0, 0.1) is 5.92 Å². The highest BCUT2D eigenvalue weighted by Crippen LogP contribution is 2.27. The first-order chi connectivity index (χ1) is 8.70. The highest BCUT2D eigenvalue weighted by Gasteiger charge is 2.22. The minimum absolute atomic E-state index is 0.0603. The van der Waals surface area contributed by atoms with E-state index in [-0.39, 0.29) is 18.3 Å². The highest BCUT2D eigenvalue weighted by molar-refractivity contribution is 6.32. The molecule has 2 rings (SSSR count). The van der Waals surface area contributed by atoms with Gasteiger partial charge < -0.3 is 4.74 Å². The Morgan fingerprint density at radius 3 is 2.72 bits per heavy atom. The molecule has 1 aliphatic carbocycles. The lowest BCUT2D eigenvalue weighted by Gasteiger charge is -2.10. The molecule has 0 spiro atoms. The molecule has 0 saturated heterocycles. The maximum Gasteiger partial charge on any atom is 0.173 e. The Kier molecular flexibility index (Phi) is 4.37. The van der Waals surface area contributed by atoms with Gasteiger partial charge in [0.2, 0.25) is 0 Å². The summed E-state index contributed by atoms with van der Waals surface area (Å²) in [5.41, 5.74) is 0.495. The third kappa shape index (κ3) is 3.10. The van der Waals surface area contributed by atoms with Crippen LogP contribution in [-0.2, 0) is 4.79 Å². The topological polar surface area (TPSA) is 43.4 Å². The molecule has 1 saturated carbocycles. The van der Waals surface area contributed by atoms with Gasteiger partial charge >= 0.3 is 0 Å². The molecule has 0 unspecified atom stereocenters. The van der Waals surface area contributed by atoms with Gasteiger partial charge in [-0.1, -0.05) is 24.4 Å². The van der Waals surface area contributed by atoms with Crippen molar-refractivity contribution in [2.75, 3.05) is 6.61 Å². The standard InChI is InChI=1S/C14H15ClO3/c15-12-7-10(8-16)5-6-14(12)18-9-13(17)11-3-1-2-4-11/h5-8,11H,1-4,9H2. The van der Waals surface area contributed by atoms with Gasteiger partial charge in [0.15, 0.2) is 5.78 Å². The van der Waals surface area contributed by atoms with E-state index in [1.54, 1.807) is 12.1 Å². The molecule has 1 aliphatic rings. The van der Waals surface area contributed by atoms with Gasteiger partial charge in [-0.2, -0.15) is 0 Å². The van der Waals surface area contributed by atoms with Crippen LogP contribution >= 0.6 is 11.6 Å². The third-order valence-corrected chi connectivity index (χ3v) is 3.57. The summed E-state index contributed by atoms with van der Waals surface area (Å²) >= 11 is 5.96. The number of halogens is 1. The molecular formula is C14H15ClO3. The quantitative estimate of drug-likeness (QED) is 0.768. The van der Waals surface area contributed by atoms with Crippen LogP contribution in [0.2, 0.25) is 5.02 Å². The fourth-order valence-corrected chi connectivity index (χ4v) is 2.47. The van der Waals surface area contributed by atoms with Crippen LogP contribution in [0.3, 0.4) is 0 Å². The molecule has 0 atom stereocenters. The predicted molar refractivity (Wildman–Crippen MR) is 69.3 cm³/mol. The van der Waals surface area contributed by atoms with Crippen molar-refractivity contribution in [3.05, 3.63) is 28.8 Å². The number of Topliss-reactive ketones (excluding diaryl/α,β-unsaturated/α-hetero) is 1. The van der Waals surface area contributed by atoms with Crippen LogP contribution < -0.4 is 4.74 Å². The van der Waals surface area contributed by atoms with Crippen LogP contribution in [0.15, 0.2) is 18.2 Å². The second kappa shape index (κ2) is 6.01. The average Bonchev–Trinajstić information content (AvgIpc) is 2.90. The van der Waals surface area contributed by atoms with Crippen molar-refractivity contribution in [1.29, 1.82) is 0 Å². The SMILES string of the molecule is O=Cc1ccc(OCC(=O)C2CCCC2)c(Cl)c1. The summed E-state index contributed by atoms with van der Waals surface area (Å²) in [6, 6.07) is 4.77. The second-order valence-electron chi connectivity index (χ2n) is 4.54. The summed E-state index contributed by atoms with van der Waals surface area (Å²) in [7, 11) is 0. The van der Waals surface area contributed by atoms with E-state index in [2.05, 4.69) is 0 Å². The number of ether oxygens (including phenoxy) is 1. The molecule has 0 bridgehead atoms. The van der Waals surface area contributed by atoms with Crippen LogP contribution in [-0.4, -0.2) is 18.7 Å². The van der Waals surface area contributed by atoms with Gasteiger partial charge in [-0.15, -0.1) is 0 Å². The monoisotopic (exact) mass is 266 g/mol. The number of ketones is 1. The van der Waals surface area contributed by atoms with Crippen LogP contribution in [0.4, 0.5) is 0 Å². The number of carbonyl (C=O) groups excluding carboxylic acids is 2. The summed E-state index contributed by atoms with van der Waals surface area (Å²) in [6.45, 7) is 0.0603. The maximum atomic E-state index is 11.8. The third-order valence-electron chi connectivity index (χ3n) is 3.27. The zero-order chi connectivity index (χ0) is 13.0. The Hall–Kier alpha value is -1.35. The molecule has 3 nitrogen and oxygen atoms in total. The van der Waals surface area contributed by atoms with E-state index >= 15 is 0 Å². The lowest BCUT2D eigenvalue weighted by molar-refractivity contribution is -0.124. The normalized spacial score (nSPS) is 15.6. The Morgan fingerprint density at radius 2 is 2.11 bits per heavy atom. The van der Waals surface area contributed by atoms with Crippen molar-refractivity contribution in [1.82, 2.24) is 0 Å². The number of hydrogen-bond donors (Lipinski definition) is 0. The first-order valence-electron chi connectivity index (χ1n) is 6.11. The molecule has 0 heterocycles. The molecule has 96 valence electrons. The Labute approximate surface area is 111 Å². The van der Waals surface area contributed by atoms with Crippen LogP contribution in [0.1, 0.15) is 36.0 Å². The van der Waals surface area contributed by atoms with E-state index in [9.17, 15) is 9.59 Å². The van der Waals surface area contributed by atoms with E-state index in [4.69, 9.17) is 16.3 Å². The molecule has 0 radical (unpaired) electrons. The van der Waals surface area contributed by atoms with Crippen molar-refractivity contribution in [2.45, 2.75) is 25.7 Å². The van der Waals surface area contributed by atoms with Gasteiger partial charge in [0.1, 0.15) is 18.6 Å². The van der Waals surface area contributed by atoms with Gasteiger partial charge in [-0.05, 0) is 31.0 Å². The Morgan fingerprint density at radius 1 is 1.39 bits per heavy atom. The summed E-state index contributed by atoms with van der Waals surface area (Å²) in [5, 5.41) is 0.360. The molecular weight excluding hydrogens is 252 g/mol. The largest absolute Gasteiger partial charge is 0.484 e. The number of carbonyl (C=O) groups is 2. The smallest absolute Gasteiger partial charge is 0.173 e. The van der Waals surface area contributed by atoms with Gasteiger partial charge in [0, 0.05) is 11.5 Å². The minimum Gasteiger partial charge on any atom is -0.484 e. The minimum atomic E-state index is 0.0603. The van der Waals surface area contributed by atoms with Gasteiger partial charge in [-0.3, -0.25) is 9.59 Å². The van der Waals surface area contributed by atoms with Gasteiger partial charge in [0.25, 0.3) is 0 Å². The molecule has 1 aromatic carbocycles. The Bertz CT molecular complexity index is 450. The van der Waals surface area contributed by atoms with Crippen molar-refractivity contribution < 1.29 is 14.3 Å². The molecule has 0 aromatic heterocycles. The maximum absolute atomic E-state index is 11.8. The Balaban J connectivity index is 1.93. The summed E-state index contributed by atoms with van der Waals surface area (Å²) in [6.07, 6.45) is 4.93. The van der Waals surface area contributed by atoms with Crippen LogP contribution in [0.5, 0.6) is 5.75 Å². The van der Waals surface area contributed by atoms with E-state index in [1.807, 2.05) is 0 Å². The van der Waals surface area contributed by atoms with Gasteiger partial charge in [-0.25, -0.2) is 0 Å². The molecule has 4 heteroatoms. The molecule has 18 heavy (non-hydrogen) atoms. The lowest BCUT2D eigenvalue weighted by Crippen LogP contribution is -2.19. The van der Waals surface area contributed by atoms with E-state index in [1.165, 1.54) is 6.07 Å². The number of aldehydes is 1. The van der Waals surface area contributed by atoms with Crippen molar-refractivity contribution >= 4 is 23.7 Å². The van der Waals surface area contributed by atoms with Crippen molar-refractivity contribution in [2.24, 2.45) is 5.92 Å². The average molecular weight is 267 g/mol. The van der Waals surface area contributed by atoms with E-state index < -0.39 is 0 Å². The van der Waals surface area contributed by atoms with Gasteiger partial charge in [0.05, 0.1) is 5.02 Å². The number of rotatable bonds is 5. The van der Waals surface area contributed by atoms with Crippen molar-refractivity contribution in [3.63, 3.8) is 0 Å². The van der Waals surface area contributed by atoms with E-state index in [0.29, 0.717) is 16.3 Å². The van der Waals surface area contributed by atoms with Crippen LogP contribution in [0.25, 0.3) is 0 Å². The molecule has 0 aliphatic heterocycles. The fourth-order valence-electron chi connectivity index (χ4n) is 2.22. The van der Waals surface area contributed by atoms with Crippen molar-refractivity contribution in [3.8, 4) is 5.75 Å². The number of benzene rings is 1. The highest BCUT2D eigenvalue weighted by atomic mass is 35.5. The molecule has 0 amide bonds. The predicted octanol–water partition coefficient (Wildman–Crippen LogP) is 3.29. The molecule has 1 aromatic rings. The number of hydrogen-bond acceptors (Lipinski definition) is 3. The molecule has 1 fully saturated rings. The summed E-state index contributed by atoms with van der Waals surface area (Å²) in [4.78, 5) is 22.4. The summed E-state index contributed by atoms with van der Waals surface area (Å²) < 4.78 is 5.41. The lowest BCUT2D eigenvalue weighted by atomic mass is 10.0. The first kappa shape index (κ1) is 13.1. The zero-order valence-corrected chi connectivity index (χ0v) is 10.8. The molecule has 0 N–H and O–H groups in total. The van der Waals surface area contributed by atoms with E-state index in [0.717, 1.165) is 32.0 Å². The summed E-state index contributed by atoms with van der Waals surface area (Å²) in [5.74, 6) is 0.745.